The lowest BCUT2D eigenvalue weighted by molar-refractivity contribution is 0.0642. The molecule has 1 N–H and O–H groups in total. The molecule has 2 amide bonds. The number of nitrogens with one attached hydrogen (secondary N) is 1. The summed E-state index contributed by atoms with van der Waals surface area (Å²) in [6.07, 6.45) is 0. The first-order valence-corrected chi connectivity index (χ1v) is 10.6. The Morgan fingerprint density at radius 2 is 1.40 bits per heavy atom. The second-order valence-electron chi connectivity index (χ2n) is 6.97. The van der Waals surface area contributed by atoms with E-state index < -0.39 is 10.0 Å². The van der Waals surface area contributed by atoms with Crippen LogP contribution in [0.5, 0.6) is 0 Å². The van der Waals surface area contributed by atoms with Crippen LogP contribution in [0.15, 0.2) is 59.5 Å². The quantitative estimate of drug-likeness (QED) is 0.633. The summed E-state index contributed by atoms with van der Waals surface area (Å²) in [5.41, 5.74) is 2.68. The second-order valence-corrected chi connectivity index (χ2v) is 8.65. The van der Waals surface area contributed by atoms with Crippen LogP contribution in [0.2, 0.25) is 0 Å². The number of hydrogen-bond acceptors (Lipinski definition) is 6. The Kier molecular flexibility index (Phi) is 4.83. The van der Waals surface area contributed by atoms with Crippen molar-refractivity contribution in [3.05, 3.63) is 82.7 Å². The highest BCUT2D eigenvalue weighted by Crippen LogP contribution is 2.24. The van der Waals surface area contributed by atoms with Crippen LogP contribution in [0.3, 0.4) is 0 Å². The number of carbonyl (C=O) groups is 2. The van der Waals surface area contributed by atoms with E-state index in [1.165, 1.54) is 12.1 Å². The van der Waals surface area contributed by atoms with Crippen molar-refractivity contribution in [1.29, 1.82) is 0 Å². The van der Waals surface area contributed by atoms with Gasteiger partial charge in [0.15, 0.2) is 0 Å². The monoisotopic (exact) mass is 422 g/mol. The third-order valence-electron chi connectivity index (χ3n) is 4.66. The molecule has 0 radical (unpaired) electrons. The minimum absolute atomic E-state index is 0.00241. The fraction of sp³-hybridized carbons (Fsp3) is 0.143. The number of aromatic nitrogens is 2. The molecule has 0 unspecified atom stereocenters. The van der Waals surface area contributed by atoms with E-state index in [9.17, 15) is 18.0 Å². The number of carbonyl (C=O) groups excluding carboxylic acids is 2. The van der Waals surface area contributed by atoms with Crippen LogP contribution in [0.4, 0.5) is 5.95 Å². The number of hydrogen-bond donors (Lipinski definition) is 1. The van der Waals surface area contributed by atoms with E-state index in [-0.39, 0.29) is 29.2 Å². The Hall–Kier alpha value is -3.59. The predicted octanol–water partition coefficient (Wildman–Crippen LogP) is 2.69. The minimum atomic E-state index is -3.88. The molecule has 0 atom stereocenters. The van der Waals surface area contributed by atoms with Gasteiger partial charge in [-0.1, -0.05) is 24.3 Å². The van der Waals surface area contributed by atoms with Crippen molar-refractivity contribution in [2.75, 3.05) is 4.72 Å². The van der Waals surface area contributed by atoms with Crippen LogP contribution in [-0.2, 0) is 16.6 Å². The Morgan fingerprint density at radius 3 is 1.93 bits per heavy atom. The minimum Gasteiger partial charge on any atom is -0.270 e. The van der Waals surface area contributed by atoms with Crippen molar-refractivity contribution in [3.8, 4) is 0 Å². The van der Waals surface area contributed by atoms with Gasteiger partial charge in [0.25, 0.3) is 21.8 Å². The van der Waals surface area contributed by atoms with Crippen LogP contribution >= 0.6 is 0 Å². The summed E-state index contributed by atoms with van der Waals surface area (Å²) in [6, 6.07) is 14.4. The number of amides is 2. The molecule has 1 aliphatic heterocycles. The molecule has 0 aliphatic carbocycles. The van der Waals surface area contributed by atoms with Crippen LogP contribution < -0.4 is 4.72 Å². The summed E-state index contributed by atoms with van der Waals surface area (Å²) in [6.45, 7) is 3.56. The fourth-order valence-electron chi connectivity index (χ4n) is 3.29. The first kappa shape index (κ1) is 19.7. The van der Waals surface area contributed by atoms with Crippen LogP contribution in [0.1, 0.15) is 37.7 Å². The van der Waals surface area contributed by atoms with Gasteiger partial charge in [0.05, 0.1) is 22.6 Å². The normalized spacial score (nSPS) is 13.5. The van der Waals surface area contributed by atoms with E-state index in [1.54, 1.807) is 56.3 Å². The molecule has 1 aromatic heterocycles. The molecule has 9 heteroatoms. The third kappa shape index (κ3) is 3.67. The van der Waals surface area contributed by atoms with E-state index in [4.69, 9.17) is 0 Å². The van der Waals surface area contributed by atoms with Crippen molar-refractivity contribution in [1.82, 2.24) is 14.9 Å². The molecular weight excluding hydrogens is 404 g/mol. The first-order valence-electron chi connectivity index (χ1n) is 9.14. The number of sulfonamides is 1. The number of anilines is 1. The average molecular weight is 422 g/mol. The van der Waals surface area contributed by atoms with Gasteiger partial charge >= 0.3 is 0 Å². The number of aryl methyl sites for hydroxylation is 2. The molecule has 30 heavy (non-hydrogen) atoms. The Labute approximate surface area is 173 Å². The standard InChI is InChI=1S/C21H18N4O4S/c1-13-11-14(2)23-21(22-13)24-30(28,29)16-9-7-15(8-10-16)12-25-19(26)17-5-3-4-6-18(17)20(25)27/h3-11H,12H2,1-2H3,(H,22,23,24). The van der Waals surface area contributed by atoms with Gasteiger partial charge in [-0.15, -0.1) is 0 Å². The first-order chi connectivity index (χ1) is 14.2. The lowest BCUT2D eigenvalue weighted by atomic mass is 10.1. The van der Waals surface area contributed by atoms with Crippen LogP contribution in [0, 0.1) is 13.8 Å². The lowest BCUT2D eigenvalue weighted by Crippen LogP contribution is -2.29. The van der Waals surface area contributed by atoms with E-state index in [1.807, 2.05) is 0 Å². The Morgan fingerprint density at radius 1 is 0.867 bits per heavy atom. The zero-order chi connectivity index (χ0) is 21.5. The average Bonchev–Trinajstić information content (AvgIpc) is 2.92. The number of fused-ring (bicyclic) bond motifs is 1. The highest BCUT2D eigenvalue weighted by Gasteiger charge is 2.34. The molecule has 0 fully saturated rings. The Bertz CT molecular complexity index is 1220. The molecular formula is C21H18N4O4S. The molecule has 8 nitrogen and oxygen atoms in total. The number of benzene rings is 2. The smallest absolute Gasteiger partial charge is 0.264 e. The summed E-state index contributed by atoms with van der Waals surface area (Å²) in [4.78, 5) is 34.3. The summed E-state index contributed by atoms with van der Waals surface area (Å²) in [7, 11) is -3.88. The van der Waals surface area contributed by atoms with Gasteiger partial charge in [-0.3, -0.25) is 14.5 Å². The maximum absolute atomic E-state index is 12.6. The topological polar surface area (TPSA) is 109 Å². The molecule has 152 valence electrons. The highest BCUT2D eigenvalue weighted by atomic mass is 32.2. The molecule has 0 saturated heterocycles. The fourth-order valence-corrected chi connectivity index (χ4v) is 4.23. The summed E-state index contributed by atoms with van der Waals surface area (Å²) in [5.74, 6) is -0.718. The van der Waals surface area contributed by atoms with E-state index in [2.05, 4.69) is 14.7 Å². The largest absolute Gasteiger partial charge is 0.270 e. The van der Waals surface area contributed by atoms with Gasteiger partial charge in [-0.05, 0) is 49.7 Å². The van der Waals surface area contributed by atoms with Crippen LogP contribution in [0.25, 0.3) is 0 Å². The number of nitrogens with zero attached hydrogens (tertiary/aromatic N) is 3. The summed E-state index contributed by atoms with van der Waals surface area (Å²) < 4.78 is 27.6. The molecule has 0 saturated carbocycles. The van der Waals surface area contributed by atoms with Crippen LogP contribution in [-0.4, -0.2) is 35.1 Å². The van der Waals surface area contributed by atoms with Gasteiger partial charge in [0.1, 0.15) is 0 Å². The molecule has 0 spiro atoms. The van der Waals surface area contributed by atoms with Gasteiger partial charge < -0.3 is 0 Å². The molecule has 1 aliphatic rings. The predicted molar refractivity (Wildman–Crippen MR) is 109 cm³/mol. The number of rotatable bonds is 5. The number of imide groups is 1. The van der Waals surface area contributed by atoms with E-state index >= 15 is 0 Å². The molecule has 4 rings (SSSR count). The summed E-state index contributed by atoms with van der Waals surface area (Å²) in [5, 5.41) is 0. The maximum atomic E-state index is 12.6. The SMILES string of the molecule is Cc1cc(C)nc(NS(=O)(=O)c2ccc(CN3C(=O)c4ccccc4C3=O)cc2)n1. The highest BCUT2D eigenvalue weighted by molar-refractivity contribution is 7.92. The molecule has 2 aromatic carbocycles. The van der Waals surface area contributed by atoms with E-state index in [0.29, 0.717) is 28.1 Å². The van der Waals surface area contributed by atoms with E-state index in [0.717, 1.165) is 4.90 Å². The molecule has 0 bridgehead atoms. The van der Waals surface area contributed by atoms with Gasteiger partial charge in [-0.2, -0.15) is 0 Å². The van der Waals surface area contributed by atoms with Crippen molar-refractivity contribution in [2.45, 2.75) is 25.3 Å². The lowest BCUT2D eigenvalue weighted by Gasteiger charge is -2.14. The van der Waals surface area contributed by atoms with Crippen molar-refractivity contribution in [3.63, 3.8) is 0 Å². The zero-order valence-corrected chi connectivity index (χ0v) is 17.1. The molecule has 2 heterocycles. The second kappa shape index (κ2) is 7.34. The summed E-state index contributed by atoms with van der Waals surface area (Å²) >= 11 is 0. The van der Waals surface area contributed by atoms with Crippen molar-refractivity contribution in [2.24, 2.45) is 0 Å². The van der Waals surface area contributed by atoms with Crippen molar-refractivity contribution >= 4 is 27.8 Å². The maximum Gasteiger partial charge on any atom is 0.264 e. The van der Waals surface area contributed by atoms with Gasteiger partial charge in [0, 0.05) is 11.4 Å². The molecule has 3 aromatic rings. The third-order valence-corrected chi connectivity index (χ3v) is 6.00. The van der Waals surface area contributed by atoms with Crippen molar-refractivity contribution < 1.29 is 18.0 Å². The zero-order valence-electron chi connectivity index (χ0n) is 16.3. The Balaban J connectivity index is 1.52. The van der Waals surface area contributed by atoms with Gasteiger partial charge in [-0.25, -0.2) is 23.1 Å². The van der Waals surface area contributed by atoms with Gasteiger partial charge in [0.2, 0.25) is 5.95 Å².